The number of amides is 5. The summed E-state index contributed by atoms with van der Waals surface area (Å²) in [4.78, 5) is 50.7. The van der Waals surface area contributed by atoms with Gasteiger partial charge in [0.05, 0.1) is 12.2 Å². The van der Waals surface area contributed by atoms with Crippen molar-refractivity contribution < 1.29 is 51.3 Å². The van der Waals surface area contributed by atoms with Crippen LogP contribution in [0.15, 0.2) is 34.3 Å². The number of likely N-dealkylation sites (tertiary alicyclic amines) is 1. The van der Waals surface area contributed by atoms with Crippen LogP contribution in [0.3, 0.4) is 0 Å². The number of nitrogens with one attached hydrogen (secondary N) is 5. The number of urea groups is 2. The van der Waals surface area contributed by atoms with E-state index in [-0.39, 0.29) is 23.4 Å². The first-order valence-electron chi connectivity index (χ1n) is 23.6. The van der Waals surface area contributed by atoms with E-state index in [1.807, 2.05) is 4.72 Å². The van der Waals surface area contributed by atoms with Gasteiger partial charge in [-0.2, -0.15) is 27.0 Å². The van der Waals surface area contributed by atoms with E-state index >= 15 is 0 Å². The Labute approximate surface area is 400 Å². The number of aromatic nitrogens is 4. The number of carbonyl (C=O) groups excluding carboxylic acids is 3. The van der Waals surface area contributed by atoms with Crippen molar-refractivity contribution in [1.29, 1.82) is 0 Å². The second-order valence-electron chi connectivity index (χ2n) is 18.4. The third kappa shape index (κ3) is 11.1. The summed E-state index contributed by atoms with van der Waals surface area (Å²) in [6.07, 6.45) is 13.7. The van der Waals surface area contributed by atoms with E-state index in [0.717, 1.165) is 147 Å². The van der Waals surface area contributed by atoms with Crippen LogP contribution in [-0.4, -0.2) is 119 Å². The van der Waals surface area contributed by atoms with E-state index < -0.39 is 54.2 Å². The summed E-state index contributed by atoms with van der Waals surface area (Å²) in [5.74, 6) is -1.67. The molecule has 2 fully saturated rings. The van der Waals surface area contributed by atoms with Crippen molar-refractivity contribution in [1.82, 2.24) is 39.2 Å². The third-order valence-corrected chi connectivity index (χ3v) is 16.0. The van der Waals surface area contributed by atoms with E-state index in [9.17, 15) is 41.1 Å². The summed E-state index contributed by atoms with van der Waals surface area (Å²) in [6, 6.07) is 4.83. The van der Waals surface area contributed by atoms with Gasteiger partial charge in [0.1, 0.15) is 11.4 Å². The second kappa shape index (κ2) is 20.6. The number of nitrogens with zero attached hydrogens (tertiary/aromatic N) is 5. The highest BCUT2D eigenvalue weighted by molar-refractivity contribution is 7.90. The highest BCUT2D eigenvalue weighted by atomic mass is 32.2. The van der Waals surface area contributed by atoms with E-state index in [2.05, 4.69) is 43.0 Å². The number of aliphatic hydroxyl groups excluding tert-OH is 2. The maximum Gasteiger partial charge on any atom is 0.354 e. The number of piperidine rings is 2. The lowest BCUT2D eigenvalue weighted by Gasteiger charge is -2.29. The minimum Gasteiger partial charge on any atom is -0.477 e. The van der Waals surface area contributed by atoms with Crippen LogP contribution >= 0.6 is 0 Å². The molecule has 8 N–H and O–H groups in total. The number of aliphatic hydroxyl groups is 2. The molecule has 2 saturated heterocycles. The summed E-state index contributed by atoms with van der Waals surface area (Å²) in [5, 5.41) is 43.0. The zero-order valence-electron chi connectivity index (χ0n) is 38.8. The van der Waals surface area contributed by atoms with Gasteiger partial charge in [-0.05, 0) is 160 Å². The maximum absolute atomic E-state index is 12.9. The number of hydrogen-bond acceptors (Lipinski definition) is 13. The molecule has 372 valence electrons. The fourth-order valence-corrected chi connectivity index (χ4v) is 11.9. The zero-order chi connectivity index (χ0) is 49.2. The van der Waals surface area contributed by atoms with Crippen molar-refractivity contribution in [2.45, 2.75) is 125 Å². The van der Waals surface area contributed by atoms with Gasteiger partial charge in [-0.3, -0.25) is 14.2 Å². The third-order valence-electron chi connectivity index (χ3n) is 13.6. The van der Waals surface area contributed by atoms with Crippen molar-refractivity contribution in [3.05, 3.63) is 80.2 Å². The standard InChI is InChI=1S/C23H29N5O5S.C18H20N4O5S.C5H11NO/c1-27-19(22(30)28-10-8-16(29)9-11-28)13-20(25-27)34(32,33)26-23(31)24-21-17-6-2-4-14(17)12-15-5-3-7-18(15)21;1-22-14(17(23)24)9-15(20-22)28(26,27)21-18(25)19-16-12-6-2-4-10(12)8-11-5-3-7-13(11)16;7-5-1-3-6-4-2-5/h12-13,16,29H,2-11H2,1H3,(H2,24,26,31);8-9H,2-7H2,1H3,(H,23,24)(H2,19,21,25);5-7H,1-4H2. The largest absolute Gasteiger partial charge is 0.477 e. The first-order valence-corrected chi connectivity index (χ1v) is 26.5. The van der Waals surface area contributed by atoms with Crippen molar-refractivity contribution in [3.8, 4) is 0 Å². The number of carboxylic acid groups (broad SMARTS) is 1. The molecule has 2 aromatic carbocycles. The normalized spacial score (nSPS) is 17.6. The molecule has 4 heterocycles. The summed E-state index contributed by atoms with van der Waals surface area (Å²) in [6.45, 7) is 2.75. The molecule has 0 saturated carbocycles. The number of rotatable bonds is 8. The number of aromatic carboxylic acids is 1. The number of fused-ring (bicyclic) bond motifs is 4. The predicted octanol–water partition coefficient (Wildman–Crippen LogP) is 2.84. The Kier molecular flexibility index (Phi) is 14.8. The fourth-order valence-electron chi connectivity index (χ4n) is 10.1. The molecule has 2 aliphatic heterocycles. The van der Waals surface area contributed by atoms with Crippen LogP contribution in [0.4, 0.5) is 21.0 Å². The molecule has 0 bridgehead atoms. The maximum atomic E-state index is 12.9. The topological polar surface area (TPSA) is 296 Å². The monoisotopic (exact) mass is 992 g/mol. The van der Waals surface area contributed by atoms with Crippen molar-refractivity contribution >= 4 is 55.4 Å². The lowest BCUT2D eigenvalue weighted by Crippen LogP contribution is -2.40. The van der Waals surface area contributed by atoms with Gasteiger partial charge in [0, 0.05) is 50.7 Å². The molecule has 23 heteroatoms. The van der Waals surface area contributed by atoms with Crippen LogP contribution in [0.25, 0.3) is 0 Å². The summed E-state index contributed by atoms with van der Waals surface area (Å²) in [5.41, 5.74) is 10.6. The molecule has 21 nitrogen and oxygen atoms in total. The fraction of sp³-hybridized carbons (Fsp3) is 0.522. The average Bonchev–Trinajstić information content (AvgIpc) is 4.16. The summed E-state index contributed by atoms with van der Waals surface area (Å²) >= 11 is 0. The van der Waals surface area contributed by atoms with Crippen LogP contribution in [-0.2, 0) is 85.5 Å². The second-order valence-corrected chi connectivity index (χ2v) is 21.6. The Hall–Kier alpha value is -5.88. The quantitative estimate of drug-likeness (QED) is 0.126. The van der Waals surface area contributed by atoms with Gasteiger partial charge in [-0.15, -0.1) is 0 Å². The van der Waals surface area contributed by atoms with Gasteiger partial charge in [-0.25, -0.2) is 23.8 Å². The van der Waals surface area contributed by atoms with E-state index in [1.54, 1.807) is 4.90 Å². The van der Waals surface area contributed by atoms with Crippen molar-refractivity contribution in [2.75, 3.05) is 36.8 Å². The smallest absolute Gasteiger partial charge is 0.354 e. The van der Waals surface area contributed by atoms with E-state index in [4.69, 9.17) is 10.2 Å². The molecule has 10 rings (SSSR count). The number of carboxylic acids is 1. The number of sulfonamides is 2. The molecule has 4 aromatic rings. The first kappa shape index (κ1) is 49.5. The molecule has 4 aliphatic carbocycles. The van der Waals surface area contributed by atoms with Gasteiger partial charge in [0.25, 0.3) is 26.0 Å². The molecule has 2 aromatic heterocycles. The van der Waals surface area contributed by atoms with Gasteiger partial charge in [0.15, 0.2) is 10.1 Å². The molecule has 0 atom stereocenters. The van der Waals surface area contributed by atoms with Crippen LogP contribution in [0.1, 0.15) is 117 Å². The lowest BCUT2D eigenvalue weighted by molar-refractivity contribution is 0.0536. The van der Waals surface area contributed by atoms with Gasteiger partial charge < -0.3 is 36.2 Å². The summed E-state index contributed by atoms with van der Waals surface area (Å²) in [7, 11) is -5.78. The summed E-state index contributed by atoms with van der Waals surface area (Å²) < 4.78 is 56.8. The highest BCUT2D eigenvalue weighted by Crippen LogP contribution is 2.40. The molecule has 0 spiro atoms. The minimum atomic E-state index is -4.30. The number of aryl methyl sites for hydroxylation is 6. The highest BCUT2D eigenvalue weighted by Gasteiger charge is 2.32. The van der Waals surface area contributed by atoms with Crippen molar-refractivity contribution in [3.63, 3.8) is 0 Å². The van der Waals surface area contributed by atoms with Gasteiger partial charge >= 0.3 is 18.0 Å². The van der Waals surface area contributed by atoms with Crippen molar-refractivity contribution in [2.24, 2.45) is 14.1 Å². The van der Waals surface area contributed by atoms with Crippen LogP contribution < -0.4 is 25.4 Å². The number of hydrogen-bond donors (Lipinski definition) is 8. The molecular formula is C46H60N10O11S2. The Morgan fingerprint density at radius 3 is 1.32 bits per heavy atom. The molecular weight excluding hydrogens is 933 g/mol. The Bertz CT molecular complexity index is 2820. The van der Waals surface area contributed by atoms with E-state index in [1.165, 1.54) is 47.1 Å². The van der Waals surface area contributed by atoms with E-state index in [0.29, 0.717) is 25.9 Å². The van der Waals surface area contributed by atoms with Crippen LogP contribution in [0.2, 0.25) is 0 Å². The number of benzene rings is 2. The lowest BCUT2D eigenvalue weighted by atomic mass is 9.99. The minimum absolute atomic E-state index is 0.0266. The molecule has 5 amide bonds. The number of carbonyl (C=O) groups is 4. The first-order chi connectivity index (χ1) is 32.9. The van der Waals surface area contributed by atoms with Gasteiger partial charge in [-0.1, -0.05) is 12.1 Å². The van der Waals surface area contributed by atoms with Crippen LogP contribution in [0.5, 0.6) is 0 Å². The molecule has 6 aliphatic rings. The Morgan fingerprint density at radius 1 is 0.580 bits per heavy atom. The number of anilines is 2. The van der Waals surface area contributed by atoms with Crippen LogP contribution in [0, 0.1) is 0 Å². The van der Waals surface area contributed by atoms with Gasteiger partial charge in [0.2, 0.25) is 0 Å². The predicted molar refractivity (Wildman–Crippen MR) is 252 cm³/mol. The molecule has 69 heavy (non-hydrogen) atoms. The Balaban J connectivity index is 0.000000165. The average molecular weight is 993 g/mol. The molecule has 0 unspecified atom stereocenters. The molecule has 0 radical (unpaired) electrons. The Morgan fingerprint density at radius 2 is 0.957 bits per heavy atom. The SMILES string of the molecule is Cn1nc(S(=O)(=O)NC(=O)Nc2c3c(cc4c2CCC4)CCC3)cc1C(=O)N1CCC(O)CC1.Cn1nc(S(=O)(=O)NC(=O)Nc2c3c(cc4c2CCC4)CCC3)cc1C(=O)O.OC1CCNCC1. The zero-order valence-corrected chi connectivity index (χ0v) is 40.4.